The van der Waals surface area contributed by atoms with Gasteiger partial charge in [-0.25, -0.2) is 0 Å². The molecule has 0 fully saturated rings. The topological polar surface area (TPSA) is 70.2 Å². The van der Waals surface area contributed by atoms with E-state index in [1.807, 2.05) is 26.0 Å². The van der Waals surface area contributed by atoms with Crippen molar-refractivity contribution in [2.45, 2.75) is 33.7 Å². The van der Waals surface area contributed by atoms with Crippen molar-refractivity contribution >= 4 is 52.1 Å². The average molecular weight is 546 g/mol. The zero-order chi connectivity index (χ0) is 28.3. The molecule has 1 heterocycles. The molecule has 0 N–H and O–H groups in total. The molecule has 0 spiro atoms. The predicted molar refractivity (Wildman–Crippen MR) is 156 cm³/mol. The third-order valence-corrected chi connectivity index (χ3v) is 7.02. The first-order chi connectivity index (χ1) is 18.6. The smallest absolute Gasteiger partial charge is 0.250 e. The Hall–Kier alpha value is -4.10. The van der Waals surface area contributed by atoms with Gasteiger partial charge in [0.1, 0.15) is 17.7 Å². The number of carbonyl (C=O) groups is 3. The van der Waals surface area contributed by atoms with E-state index in [0.29, 0.717) is 33.5 Å². The van der Waals surface area contributed by atoms with E-state index in [9.17, 15) is 14.4 Å². The zero-order valence-corrected chi connectivity index (χ0v) is 23.5. The standard InChI is InChI=1S/C31H32ClN3O4/c1-6-19-31(4)29(37)33(20-28(36)34(21(2)3)23-15-17-25(39-5)18-16-23)26-9-7-8-10-27(26)35(30(31)38)24-13-11-22(32)12-14-24/h6-19,21H,20H2,1-5H3. The fraction of sp³-hybridized carbons (Fsp3) is 0.258. The Bertz CT molecular complexity index is 1400. The number of benzene rings is 3. The number of rotatable bonds is 7. The first-order valence-electron chi connectivity index (χ1n) is 12.7. The molecule has 0 aliphatic carbocycles. The Morgan fingerprint density at radius 1 is 0.974 bits per heavy atom. The predicted octanol–water partition coefficient (Wildman–Crippen LogP) is 6.38. The van der Waals surface area contributed by atoms with Gasteiger partial charge in [0.25, 0.3) is 5.91 Å². The summed E-state index contributed by atoms with van der Waals surface area (Å²) in [6.07, 6.45) is 3.28. The lowest BCUT2D eigenvalue weighted by atomic mass is 9.86. The summed E-state index contributed by atoms with van der Waals surface area (Å²) >= 11 is 6.13. The van der Waals surface area contributed by atoms with Crippen molar-refractivity contribution in [2.24, 2.45) is 5.41 Å². The van der Waals surface area contributed by atoms with Gasteiger partial charge in [-0.2, -0.15) is 0 Å². The Morgan fingerprint density at radius 2 is 1.59 bits per heavy atom. The van der Waals surface area contributed by atoms with Gasteiger partial charge in [0.05, 0.1) is 18.5 Å². The van der Waals surface area contributed by atoms with Gasteiger partial charge in [-0.3, -0.25) is 24.2 Å². The fourth-order valence-corrected chi connectivity index (χ4v) is 4.99. The number of hydrogen-bond acceptors (Lipinski definition) is 4. The van der Waals surface area contributed by atoms with E-state index in [1.165, 1.54) is 9.80 Å². The first kappa shape index (κ1) is 27.9. The quantitative estimate of drug-likeness (QED) is 0.255. The second-order valence-electron chi connectivity index (χ2n) is 9.75. The molecule has 0 bridgehead atoms. The molecule has 0 aromatic heterocycles. The maximum atomic E-state index is 14.2. The molecular formula is C31H32ClN3O4. The summed E-state index contributed by atoms with van der Waals surface area (Å²) in [6, 6.07) is 21.0. The van der Waals surface area contributed by atoms with Crippen molar-refractivity contribution in [2.75, 3.05) is 28.4 Å². The minimum absolute atomic E-state index is 0.183. The number of nitrogens with zero attached hydrogens (tertiary/aromatic N) is 3. The molecule has 0 radical (unpaired) electrons. The van der Waals surface area contributed by atoms with Crippen LogP contribution in [-0.2, 0) is 14.4 Å². The van der Waals surface area contributed by atoms with Crippen LogP contribution in [0.15, 0.2) is 84.9 Å². The Morgan fingerprint density at radius 3 is 2.15 bits per heavy atom. The van der Waals surface area contributed by atoms with Crippen LogP contribution in [-0.4, -0.2) is 37.4 Å². The van der Waals surface area contributed by atoms with Gasteiger partial charge in [-0.1, -0.05) is 35.9 Å². The highest BCUT2D eigenvalue weighted by Gasteiger charge is 2.49. The molecule has 7 nitrogen and oxygen atoms in total. The van der Waals surface area contributed by atoms with Crippen LogP contribution in [0.3, 0.4) is 0 Å². The third kappa shape index (κ3) is 5.27. The summed E-state index contributed by atoms with van der Waals surface area (Å²) in [4.78, 5) is 46.9. The first-order valence-corrected chi connectivity index (χ1v) is 13.1. The van der Waals surface area contributed by atoms with Crippen molar-refractivity contribution < 1.29 is 19.1 Å². The molecule has 0 saturated carbocycles. The molecule has 1 aliphatic rings. The number of ether oxygens (including phenoxy) is 1. The van der Waals surface area contributed by atoms with Gasteiger partial charge in [-0.15, -0.1) is 0 Å². The largest absolute Gasteiger partial charge is 0.497 e. The molecule has 8 heteroatoms. The Labute approximate surface area is 234 Å². The van der Waals surface area contributed by atoms with E-state index in [4.69, 9.17) is 16.3 Å². The average Bonchev–Trinajstić information content (AvgIpc) is 2.98. The lowest BCUT2D eigenvalue weighted by molar-refractivity contribution is -0.136. The molecule has 3 aromatic carbocycles. The summed E-state index contributed by atoms with van der Waals surface area (Å²) in [7, 11) is 1.58. The molecule has 1 atom stereocenters. The highest BCUT2D eigenvalue weighted by Crippen LogP contribution is 2.43. The minimum atomic E-state index is -1.56. The Balaban J connectivity index is 1.84. The number of para-hydroxylation sites is 2. The summed E-state index contributed by atoms with van der Waals surface area (Å²) in [5, 5.41) is 0.529. The number of hydrogen-bond donors (Lipinski definition) is 0. The van der Waals surface area contributed by atoms with Crippen LogP contribution in [0.1, 0.15) is 27.7 Å². The summed E-state index contributed by atoms with van der Waals surface area (Å²) in [6.45, 7) is 6.92. The van der Waals surface area contributed by atoms with Crippen molar-refractivity contribution in [3.8, 4) is 5.75 Å². The van der Waals surface area contributed by atoms with Gasteiger partial charge in [0, 0.05) is 22.4 Å². The lowest BCUT2D eigenvalue weighted by Crippen LogP contribution is -2.51. The van der Waals surface area contributed by atoms with Gasteiger partial charge in [0.2, 0.25) is 11.8 Å². The number of anilines is 4. The number of carbonyl (C=O) groups excluding carboxylic acids is 3. The highest BCUT2D eigenvalue weighted by atomic mass is 35.5. The molecule has 4 rings (SSSR count). The van der Waals surface area contributed by atoms with E-state index in [-0.39, 0.29) is 18.5 Å². The second-order valence-corrected chi connectivity index (χ2v) is 10.2. The van der Waals surface area contributed by atoms with Crippen molar-refractivity contribution in [3.05, 3.63) is 90.0 Å². The van der Waals surface area contributed by atoms with Crippen molar-refractivity contribution in [1.29, 1.82) is 0 Å². The van der Waals surface area contributed by atoms with Gasteiger partial charge >= 0.3 is 0 Å². The maximum absolute atomic E-state index is 14.2. The molecule has 0 saturated heterocycles. The molecule has 3 amide bonds. The molecule has 1 unspecified atom stereocenters. The summed E-state index contributed by atoms with van der Waals surface area (Å²) in [5.74, 6) is -0.518. The summed E-state index contributed by atoms with van der Waals surface area (Å²) in [5.41, 5.74) is 0.652. The minimum Gasteiger partial charge on any atom is -0.497 e. The van der Waals surface area contributed by atoms with E-state index in [2.05, 4.69) is 0 Å². The molecule has 202 valence electrons. The number of allylic oxidation sites excluding steroid dienone is 1. The number of halogens is 1. The zero-order valence-electron chi connectivity index (χ0n) is 22.7. The SMILES string of the molecule is CC=CC1(C)C(=O)N(CC(=O)N(c2ccc(OC)cc2)C(C)C)c2ccccc2N(c2ccc(Cl)cc2)C1=O. The monoisotopic (exact) mass is 545 g/mol. The normalized spacial score (nSPS) is 17.4. The molecule has 39 heavy (non-hydrogen) atoms. The van der Waals surface area contributed by atoms with Crippen LogP contribution in [0.2, 0.25) is 5.02 Å². The number of fused-ring (bicyclic) bond motifs is 1. The molecule has 1 aliphatic heterocycles. The molecule has 3 aromatic rings. The van der Waals surface area contributed by atoms with Crippen molar-refractivity contribution in [3.63, 3.8) is 0 Å². The highest BCUT2D eigenvalue weighted by molar-refractivity contribution is 6.30. The fourth-order valence-electron chi connectivity index (χ4n) is 4.87. The lowest BCUT2D eigenvalue weighted by Gasteiger charge is -2.32. The van der Waals surface area contributed by atoms with E-state index in [0.717, 1.165) is 0 Å². The summed E-state index contributed by atoms with van der Waals surface area (Å²) < 4.78 is 5.26. The van der Waals surface area contributed by atoms with Crippen LogP contribution < -0.4 is 19.4 Å². The number of amides is 3. The van der Waals surface area contributed by atoms with Gasteiger partial charge < -0.3 is 9.64 Å². The van der Waals surface area contributed by atoms with E-state index >= 15 is 0 Å². The van der Waals surface area contributed by atoms with E-state index < -0.39 is 17.2 Å². The second kappa shape index (κ2) is 11.3. The van der Waals surface area contributed by atoms with Crippen LogP contribution in [0.4, 0.5) is 22.7 Å². The van der Waals surface area contributed by atoms with Crippen LogP contribution in [0.5, 0.6) is 5.75 Å². The van der Waals surface area contributed by atoms with Gasteiger partial charge in [-0.05, 0) is 88.4 Å². The maximum Gasteiger partial charge on any atom is 0.250 e. The van der Waals surface area contributed by atoms with Crippen LogP contribution >= 0.6 is 11.6 Å². The van der Waals surface area contributed by atoms with Crippen LogP contribution in [0.25, 0.3) is 0 Å². The van der Waals surface area contributed by atoms with Crippen LogP contribution in [0, 0.1) is 5.41 Å². The molecular weight excluding hydrogens is 514 g/mol. The Kier molecular flexibility index (Phi) is 8.11. The van der Waals surface area contributed by atoms with E-state index in [1.54, 1.807) is 98.7 Å². The number of methoxy groups -OCH3 is 1. The van der Waals surface area contributed by atoms with Crippen molar-refractivity contribution in [1.82, 2.24) is 0 Å². The van der Waals surface area contributed by atoms with Gasteiger partial charge in [0.15, 0.2) is 0 Å². The third-order valence-electron chi connectivity index (χ3n) is 6.76.